The van der Waals surface area contributed by atoms with Gasteiger partial charge in [0, 0.05) is 23.7 Å². The summed E-state index contributed by atoms with van der Waals surface area (Å²) in [6, 6.07) is 1.14. The lowest BCUT2D eigenvalue weighted by Crippen LogP contribution is -2.55. The number of nitrogens with one attached hydrogen (secondary N) is 1. The van der Waals surface area contributed by atoms with Crippen LogP contribution in [0, 0.1) is 0 Å². The van der Waals surface area contributed by atoms with Gasteiger partial charge in [0.05, 0.1) is 0 Å². The van der Waals surface area contributed by atoms with Gasteiger partial charge < -0.3 is 10.5 Å². The molecule has 1 aliphatic heterocycles. The van der Waals surface area contributed by atoms with Crippen molar-refractivity contribution in [3.05, 3.63) is 0 Å². The van der Waals surface area contributed by atoms with Gasteiger partial charge in [-0.3, -0.25) is 0 Å². The highest BCUT2D eigenvalue weighted by molar-refractivity contribution is 4.89. The van der Waals surface area contributed by atoms with Crippen LogP contribution in [-0.2, 0) is 0 Å². The molecule has 3 heteroatoms. The van der Waals surface area contributed by atoms with Gasteiger partial charge >= 0.3 is 0 Å². The monoisotopic (exact) mass is 242 g/mol. The quantitative estimate of drug-likeness (QED) is 0.795. The van der Waals surface area contributed by atoms with Crippen molar-refractivity contribution < 1.29 is 5.21 Å². The first-order valence-corrected chi connectivity index (χ1v) is 7.08. The number of hydroxylamine groups is 2. The molecule has 0 aromatic rings. The van der Waals surface area contributed by atoms with Gasteiger partial charge in [-0.15, -0.1) is 0 Å². The number of piperidine rings is 1. The van der Waals surface area contributed by atoms with Gasteiger partial charge in [-0.25, -0.2) is 0 Å². The molecule has 0 aromatic carbocycles. The second-order valence-electron chi connectivity index (χ2n) is 6.59. The third-order valence-electron chi connectivity index (χ3n) is 3.54. The maximum absolute atomic E-state index is 10.1. The van der Waals surface area contributed by atoms with Crippen molar-refractivity contribution in [2.45, 2.75) is 90.4 Å². The molecule has 3 atom stereocenters. The molecule has 0 aromatic heterocycles. The Bertz CT molecular complexity index is 225. The fourth-order valence-corrected chi connectivity index (χ4v) is 2.83. The highest BCUT2D eigenvalue weighted by Crippen LogP contribution is 2.26. The van der Waals surface area contributed by atoms with Crippen molar-refractivity contribution in [1.29, 1.82) is 0 Å². The fourth-order valence-electron chi connectivity index (χ4n) is 2.83. The Balaban J connectivity index is 2.54. The maximum atomic E-state index is 10.1. The molecule has 17 heavy (non-hydrogen) atoms. The summed E-state index contributed by atoms with van der Waals surface area (Å²) in [7, 11) is 0. The van der Waals surface area contributed by atoms with Gasteiger partial charge in [0.25, 0.3) is 0 Å². The van der Waals surface area contributed by atoms with Gasteiger partial charge in [0.15, 0.2) is 0 Å². The van der Waals surface area contributed by atoms with E-state index in [0.717, 1.165) is 19.3 Å². The third kappa shape index (κ3) is 4.94. The van der Waals surface area contributed by atoms with Crippen LogP contribution in [0.2, 0.25) is 0 Å². The van der Waals surface area contributed by atoms with Crippen LogP contribution in [0.5, 0.6) is 0 Å². The number of hydrogen-bond donors (Lipinski definition) is 2. The maximum Gasteiger partial charge on any atom is 0.0368 e. The van der Waals surface area contributed by atoms with Gasteiger partial charge in [0.2, 0.25) is 0 Å². The number of hydrogen-bond acceptors (Lipinski definition) is 3. The van der Waals surface area contributed by atoms with Gasteiger partial charge in [-0.2, -0.15) is 5.06 Å². The minimum Gasteiger partial charge on any atom is -0.313 e. The van der Waals surface area contributed by atoms with E-state index in [2.05, 4.69) is 39.9 Å². The van der Waals surface area contributed by atoms with E-state index in [9.17, 15) is 5.21 Å². The van der Waals surface area contributed by atoms with Crippen LogP contribution >= 0.6 is 0 Å². The van der Waals surface area contributed by atoms with Crippen LogP contribution < -0.4 is 5.32 Å². The first kappa shape index (κ1) is 14.9. The second-order valence-corrected chi connectivity index (χ2v) is 6.59. The molecule has 0 aliphatic carbocycles. The minimum atomic E-state index is 0.164. The number of rotatable bonds is 4. The fraction of sp³-hybridized carbons (Fsp3) is 1.00. The van der Waals surface area contributed by atoms with Crippen molar-refractivity contribution in [1.82, 2.24) is 10.4 Å². The Morgan fingerprint density at radius 2 is 1.94 bits per heavy atom. The summed E-state index contributed by atoms with van der Waals surface area (Å²) in [5, 5.41) is 15.4. The Labute approximate surface area is 107 Å². The lowest BCUT2D eigenvalue weighted by atomic mass is 9.89. The van der Waals surface area contributed by atoms with E-state index in [0.29, 0.717) is 12.1 Å². The molecular formula is C14H30N2O. The molecule has 1 rings (SSSR count). The van der Waals surface area contributed by atoms with Gasteiger partial charge in [-0.05, 0) is 47.0 Å². The summed E-state index contributed by atoms with van der Waals surface area (Å²) in [5.41, 5.74) is 0.164. The summed E-state index contributed by atoms with van der Waals surface area (Å²) in [4.78, 5) is 0. The Morgan fingerprint density at radius 1 is 1.29 bits per heavy atom. The second kappa shape index (κ2) is 6.17. The molecule has 2 N–H and O–H groups in total. The molecule has 0 radical (unpaired) electrons. The van der Waals surface area contributed by atoms with E-state index in [-0.39, 0.29) is 11.6 Å². The normalized spacial score (nSPS) is 31.8. The van der Waals surface area contributed by atoms with E-state index in [1.165, 1.54) is 12.8 Å². The molecule has 1 saturated heterocycles. The van der Waals surface area contributed by atoms with Gasteiger partial charge in [-0.1, -0.05) is 19.8 Å². The zero-order valence-electron chi connectivity index (χ0n) is 12.2. The van der Waals surface area contributed by atoms with Crippen molar-refractivity contribution in [2.75, 3.05) is 0 Å². The molecular weight excluding hydrogens is 212 g/mol. The SMILES string of the molecule is CCCC[C@H]1C[C@H](NC(C)(C)C)CC(C)N1O. The molecule has 1 fully saturated rings. The summed E-state index contributed by atoms with van der Waals surface area (Å²) in [5.74, 6) is 0. The van der Waals surface area contributed by atoms with E-state index in [1.54, 1.807) is 5.06 Å². The summed E-state index contributed by atoms with van der Waals surface area (Å²) in [6.45, 7) is 11.0. The zero-order valence-corrected chi connectivity index (χ0v) is 12.2. The molecule has 0 spiro atoms. The van der Waals surface area contributed by atoms with Crippen molar-refractivity contribution in [3.63, 3.8) is 0 Å². The third-order valence-corrected chi connectivity index (χ3v) is 3.54. The smallest absolute Gasteiger partial charge is 0.0368 e. The average Bonchev–Trinajstić information content (AvgIpc) is 2.18. The Morgan fingerprint density at radius 3 is 2.47 bits per heavy atom. The first-order valence-electron chi connectivity index (χ1n) is 7.08. The van der Waals surface area contributed by atoms with E-state index in [4.69, 9.17) is 0 Å². The van der Waals surface area contributed by atoms with Crippen LogP contribution in [0.1, 0.15) is 66.7 Å². The van der Waals surface area contributed by atoms with Crippen LogP contribution in [0.4, 0.5) is 0 Å². The van der Waals surface area contributed by atoms with Crippen molar-refractivity contribution in [3.8, 4) is 0 Å². The molecule has 1 aliphatic rings. The standard InChI is InChI=1S/C14H30N2O/c1-6-7-8-13-10-12(15-14(3,4)5)9-11(2)16(13)17/h11-13,15,17H,6-10H2,1-5H3/t11?,12-,13+/m1/s1. The van der Waals surface area contributed by atoms with E-state index < -0.39 is 0 Å². The molecule has 102 valence electrons. The minimum absolute atomic E-state index is 0.164. The van der Waals surface area contributed by atoms with Crippen molar-refractivity contribution >= 4 is 0 Å². The number of unbranched alkanes of at least 4 members (excludes halogenated alkanes) is 1. The van der Waals surface area contributed by atoms with Crippen LogP contribution in [0.25, 0.3) is 0 Å². The molecule has 0 saturated carbocycles. The predicted molar refractivity (Wildman–Crippen MR) is 72.3 cm³/mol. The average molecular weight is 242 g/mol. The summed E-state index contributed by atoms with van der Waals surface area (Å²) >= 11 is 0. The number of nitrogens with zero attached hydrogens (tertiary/aromatic N) is 1. The highest BCUT2D eigenvalue weighted by Gasteiger charge is 2.33. The van der Waals surface area contributed by atoms with E-state index in [1.807, 2.05) is 0 Å². The summed E-state index contributed by atoms with van der Waals surface area (Å²) < 4.78 is 0. The Hall–Kier alpha value is -0.120. The molecule has 0 bridgehead atoms. The lowest BCUT2D eigenvalue weighted by molar-refractivity contribution is -0.179. The molecule has 0 amide bonds. The van der Waals surface area contributed by atoms with E-state index >= 15 is 0 Å². The lowest BCUT2D eigenvalue weighted by Gasteiger charge is -2.42. The van der Waals surface area contributed by atoms with Crippen LogP contribution in [0.15, 0.2) is 0 Å². The molecule has 1 heterocycles. The van der Waals surface area contributed by atoms with Crippen LogP contribution in [0.3, 0.4) is 0 Å². The van der Waals surface area contributed by atoms with Crippen LogP contribution in [-0.4, -0.2) is 33.9 Å². The van der Waals surface area contributed by atoms with Gasteiger partial charge in [0.1, 0.15) is 0 Å². The zero-order chi connectivity index (χ0) is 13.1. The van der Waals surface area contributed by atoms with Crippen molar-refractivity contribution in [2.24, 2.45) is 0 Å². The largest absolute Gasteiger partial charge is 0.313 e. The Kier molecular flexibility index (Phi) is 5.42. The summed E-state index contributed by atoms with van der Waals surface area (Å²) in [6.07, 6.45) is 5.63. The first-order chi connectivity index (χ1) is 7.83. The highest BCUT2D eigenvalue weighted by atomic mass is 16.5. The predicted octanol–water partition coefficient (Wildman–Crippen LogP) is 3.18. The molecule has 1 unspecified atom stereocenters. The topological polar surface area (TPSA) is 35.5 Å². The molecule has 3 nitrogen and oxygen atoms in total.